The molecule has 0 radical (unpaired) electrons. The van der Waals surface area contributed by atoms with E-state index in [0.717, 1.165) is 76.3 Å². The number of aromatic nitrogens is 3. The number of methoxy groups -OCH3 is 1. The van der Waals surface area contributed by atoms with E-state index in [1.165, 1.54) is 0 Å². The van der Waals surface area contributed by atoms with Crippen LogP contribution in [-0.2, 0) is 20.2 Å². The monoisotopic (exact) mass is 471 g/mol. The van der Waals surface area contributed by atoms with E-state index < -0.39 is 0 Å². The maximum absolute atomic E-state index is 10.2. The first-order valence-electron chi connectivity index (χ1n) is 12.2. The summed E-state index contributed by atoms with van der Waals surface area (Å²) in [4.78, 5) is 9.54. The summed E-state index contributed by atoms with van der Waals surface area (Å²) in [5.41, 5.74) is 7.33. The van der Waals surface area contributed by atoms with Gasteiger partial charge in [0.15, 0.2) is 0 Å². The quantitative estimate of drug-likeness (QED) is 0.447. The Morgan fingerprint density at radius 2 is 1.91 bits per heavy atom. The van der Waals surface area contributed by atoms with E-state index in [2.05, 4.69) is 59.1 Å². The van der Waals surface area contributed by atoms with Crippen molar-refractivity contribution in [1.29, 1.82) is 0 Å². The summed E-state index contributed by atoms with van der Waals surface area (Å²) in [5, 5.41) is 15.6. The number of ether oxygens (including phenoxy) is 1. The van der Waals surface area contributed by atoms with E-state index in [0.29, 0.717) is 6.04 Å². The molecule has 1 aliphatic heterocycles. The molecule has 0 fully saturated rings. The number of aryl methyl sites for hydroxylation is 1. The number of nitrogens with zero attached hydrogens (tertiary/aromatic N) is 5. The Morgan fingerprint density at radius 1 is 1.06 bits per heavy atom. The minimum Gasteiger partial charge on any atom is -0.497 e. The van der Waals surface area contributed by atoms with Crippen molar-refractivity contribution >= 4 is 22.3 Å². The van der Waals surface area contributed by atoms with Crippen molar-refractivity contribution in [3.8, 4) is 16.9 Å². The number of aliphatic hydroxyl groups excluding tert-OH is 1. The second-order valence-corrected chi connectivity index (χ2v) is 9.52. The summed E-state index contributed by atoms with van der Waals surface area (Å²) in [6, 6.07) is 13.1. The lowest BCUT2D eigenvalue weighted by Crippen LogP contribution is -2.36. The second kappa shape index (κ2) is 9.68. The number of hydrogen-bond donors (Lipinski definition) is 1. The predicted molar refractivity (Wildman–Crippen MR) is 140 cm³/mol. The van der Waals surface area contributed by atoms with Gasteiger partial charge in [-0.2, -0.15) is 5.10 Å². The first-order valence-corrected chi connectivity index (χ1v) is 12.2. The third-order valence-electron chi connectivity index (χ3n) is 6.92. The molecule has 7 nitrogen and oxygen atoms in total. The van der Waals surface area contributed by atoms with Crippen LogP contribution in [0.5, 0.6) is 5.75 Å². The molecule has 1 aliphatic rings. The molecule has 0 spiro atoms. The Balaban J connectivity index is 1.62. The highest BCUT2D eigenvalue weighted by molar-refractivity contribution is 5.87. The van der Waals surface area contributed by atoms with Gasteiger partial charge in [0.25, 0.3) is 0 Å². The Bertz CT molecular complexity index is 1350. The first kappa shape index (κ1) is 23.3. The molecule has 3 heterocycles. The van der Waals surface area contributed by atoms with Gasteiger partial charge in [-0.15, -0.1) is 0 Å². The molecule has 35 heavy (non-hydrogen) atoms. The van der Waals surface area contributed by atoms with Crippen LogP contribution in [0, 0.1) is 0 Å². The summed E-state index contributed by atoms with van der Waals surface area (Å²) in [5.74, 6) is 0.760. The molecule has 4 aromatic rings. The fourth-order valence-corrected chi connectivity index (χ4v) is 4.93. The summed E-state index contributed by atoms with van der Waals surface area (Å²) in [6.07, 6.45) is 6.81. The van der Waals surface area contributed by atoms with Gasteiger partial charge in [-0.3, -0.25) is 14.6 Å². The van der Waals surface area contributed by atoms with Crippen molar-refractivity contribution in [2.75, 3.05) is 25.1 Å². The SMILES string of the molecule is COc1cc(CO)c2c(c1)N(c1ccc3ncc(-c4cnn(C)c4)cc3c1)CCCN(C(C)C)C2. The molecule has 7 heteroatoms. The molecule has 1 N–H and O–H groups in total. The second-order valence-electron chi connectivity index (χ2n) is 9.52. The van der Waals surface area contributed by atoms with Crippen LogP contribution in [0.25, 0.3) is 22.0 Å². The fraction of sp³-hybridized carbons (Fsp3) is 0.357. The summed E-state index contributed by atoms with van der Waals surface area (Å²) in [6.45, 7) is 7.12. The van der Waals surface area contributed by atoms with Gasteiger partial charge in [0, 0.05) is 79.1 Å². The molecular formula is C28H33N5O2. The van der Waals surface area contributed by atoms with Gasteiger partial charge in [0.1, 0.15) is 5.75 Å². The molecular weight excluding hydrogens is 438 g/mol. The largest absolute Gasteiger partial charge is 0.497 e. The van der Waals surface area contributed by atoms with Crippen LogP contribution < -0.4 is 9.64 Å². The Kier molecular flexibility index (Phi) is 6.45. The van der Waals surface area contributed by atoms with E-state index in [9.17, 15) is 5.11 Å². The van der Waals surface area contributed by atoms with Crippen molar-refractivity contribution in [3.63, 3.8) is 0 Å². The molecule has 0 saturated heterocycles. The van der Waals surface area contributed by atoms with Crippen molar-refractivity contribution < 1.29 is 9.84 Å². The summed E-state index contributed by atoms with van der Waals surface area (Å²) >= 11 is 0. The topological polar surface area (TPSA) is 66.7 Å². The molecule has 5 rings (SSSR count). The van der Waals surface area contributed by atoms with Crippen LogP contribution in [-0.4, -0.2) is 51.0 Å². The molecule has 182 valence electrons. The number of benzene rings is 2. The minimum atomic E-state index is -0.0184. The average Bonchev–Trinajstić information content (AvgIpc) is 3.29. The summed E-state index contributed by atoms with van der Waals surface area (Å²) in [7, 11) is 3.60. The highest BCUT2D eigenvalue weighted by Crippen LogP contribution is 2.38. The predicted octanol–water partition coefficient (Wildman–Crippen LogP) is 4.89. The average molecular weight is 472 g/mol. The molecule has 0 saturated carbocycles. The van der Waals surface area contributed by atoms with E-state index in [1.807, 2.05) is 31.7 Å². The fourth-order valence-electron chi connectivity index (χ4n) is 4.93. The maximum atomic E-state index is 10.2. The zero-order valence-electron chi connectivity index (χ0n) is 20.9. The molecule has 2 aromatic carbocycles. The minimum absolute atomic E-state index is 0.0184. The summed E-state index contributed by atoms with van der Waals surface area (Å²) < 4.78 is 7.43. The first-order chi connectivity index (χ1) is 17.0. The lowest BCUT2D eigenvalue weighted by atomic mass is 10.00. The number of pyridine rings is 1. The lowest BCUT2D eigenvalue weighted by Gasteiger charge is -2.36. The van der Waals surface area contributed by atoms with Gasteiger partial charge in [0.2, 0.25) is 0 Å². The molecule has 0 amide bonds. The van der Waals surface area contributed by atoms with Crippen LogP contribution in [0.15, 0.2) is 55.0 Å². The van der Waals surface area contributed by atoms with Crippen molar-refractivity contribution in [1.82, 2.24) is 19.7 Å². The van der Waals surface area contributed by atoms with E-state index in [1.54, 1.807) is 11.8 Å². The van der Waals surface area contributed by atoms with Crippen LogP contribution >= 0.6 is 0 Å². The number of hydrogen-bond acceptors (Lipinski definition) is 6. The van der Waals surface area contributed by atoms with Gasteiger partial charge in [-0.05, 0) is 61.7 Å². The van der Waals surface area contributed by atoms with E-state index in [4.69, 9.17) is 9.72 Å². The Labute approximate surface area is 206 Å². The standard InChI is InChI=1S/C28H33N5O2/c1-19(2)32-8-5-9-33(28-13-25(35-4)12-22(18-34)26(28)17-32)24-6-7-27-20(11-24)10-21(14-29-27)23-15-30-31(3)16-23/h6-7,10-16,19,34H,5,8-9,17-18H2,1-4H3. The highest BCUT2D eigenvalue weighted by atomic mass is 16.5. The zero-order valence-corrected chi connectivity index (χ0v) is 20.9. The van der Waals surface area contributed by atoms with Crippen LogP contribution in [0.3, 0.4) is 0 Å². The Morgan fingerprint density at radius 3 is 2.63 bits per heavy atom. The van der Waals surface area contributed by atoms with Gasteiger partial charge in [-0.25, -0.2) is 0 Å². The maximum Gasteiger partial charge on any atom is 0.121 e. The van der Waals surface area contributed by atoms with Gasteiger partial charge in [0.05, 0.1) is 25.4 Å². The van der Waals surface area contributed by atoms with Crippen LogP contribution in [0.4, 0.5) is 11.4 Å². The van der Waals surface area contributed by atoms with Gasteiger partial charge in [-0.1, -0.05) is 0 Å². The molecule has 0 aliphatic carbocycles. The highest BCUT2D eigenvalue weighted by Gasteiger charge is 2.24. The smallest absolute Gasteiger partial charge is 0.121 e. The Hall–Kier alpha value is -3.42. The normalized spacial score (nSPS) is 14.7. The van der Waals surface area contributed by atoms with Gasteiger partial charge < -0.3 is 14.7 Å². The van der Waals surface area contributed by atoms with Crippen molar-refractivity contribution in [2.24, 2.45) is 7.05 Å². The number of fused-ring (bicyclic) bond motifs is 2. The molecule has 2 aromatic heterocycles. The zero-order chi connectivity index (χ0) is 24.5. The van der Waals surface area contributed by atoms with Crippen molar-refractivity contribution in [2.45, 2.75) is 39.5 Å². The molecule has 0 atom stereocenters. The van der Waals surface area contributed by atoms with Crippen molar-refractivity contribution in [3.05, 3.63) is 66.1 Å². The number of aliphatic hydroxyl groups is 1. The van der Waals surface area contributed by atoms with Crippen LogP contribution in [0.2, 0.25) is 0 Å². The van der Waals surface area contributed by atoms with E-state index in [-0.39, 0.29) is 6.61 Å². The van der Waals surface area contributed by atoms with Gasteiger partial charge >= 0.3 is 0 Å². The number of anilines is 2. The molecule has 0 bridgehead atoms. The molecule has 0 unspecified atom stereocenters. The van der Waals surface area contributed by atoms with E-state index >= 15 is 0 Å². The third kappa shape index (κ3) is 4.61. The third-order valence-corrected chi connectivity index (χ3v) is 6.92. The number of rotatable bonds is 5. The lowest BCUT2D eigenvalue weighted by molar-refractivity contribution is 0.205. The van der Waals surface area contributed by atoms with Crippen LogP contribution in [0.1, 0.15) is 31.4 Å².